The van der Waals surface area contributed by atoms with E-state index in [0.29, 0.717) is 28.7 Å². The molecule has 0 aliphatic rings. The second kappa shape index (κ2) is 7.78. The predicted molar refractivity (Wildman–Crippen MR) is 102 cm³/mol. The van der Waals surface area contributed by atoms with Crippen LogP contribution >= 0.6 is 0 Å². The van der Waals surface area contributed by atoms with E-state index < -0.39 is 23.5 Å². The van der Waals surface area contributed by atoms with Crippen molar-refractivity contribution in [2.24, 2.45) is 7.05 Å². The molecule has 0 atom stereocenters. The van der Waals surface area contributed by atoms with Gasteiger partial charge in [-0.3, -0.25) is 4.79 Å². The molecule has 0 saturated heterocycles. The average Bonchev–Trinajstić information content (AvgIpc) is 3.08. The number of alkyl halides is 3. The lowest BCUT2D eigenvalue weighted by molar-refractivity contribution is -0.140. The second-order valence-electron chi connectivity index (χ2n) is 6.20. The number of rotatable bonds is 5. The number of hydrogen-bond donors (Lipinski definition) is 2. The van der Waals surface area contributed by atoms with E-state index in [0.717, 1.165) is 18.2 Å². The highest BCUT2D eigenvalue weighted by atomic mass is 19.4. The fourth-order valence-electron chi connectivity index (χ4n) is 2.67. The van der Waals surface area contributed by atoms with Crippen molar-refractivity contribution in [2.75, 3.05) is 10.6 Å². The summed E-state index contributed by atoms with van der Waals surface area (Å²) in [5, 5.41) is 5.53. The van der Waals surface area contributed by atoms with E-state index in [9.17, 15) is 22.4 Å². The van der Waals surface area contributed by atoms with Gasteiger partial charge in [0.1, 0.15) is 5.82 Å². The minimum atomic E-state index is -4.77. The quantitative estimate of drug-likeness (QED) is 0.459. The number of nitrogens with one attached hydrogen (secondary N) is 2. The highest BCUT2D eigenvalue weighted by Crippen LogP contribution is 2.35. The van der Waals surface area contributed by atoms with E-state index in [4.69, 9.17) is 0 Å². The van der Waals surface area contributed by atoms with Crippen LogP contribution in [0.5, 0.6) is 0 Å². The molecular formula is C20H16F4N4O. The fourth-order valence-corrected chi connectivity index (χ4v) is 2.67. The first-order valence-electron chi connectivity index (χ1n) is 8.37. The number of amides is 1. The Morgan fingerprint density at radius 3 is 2.48 bits per heavy atom. The zero-order valence-electron chi connectivity index (χ0n) is 15.2. The molecule has 2 N–H and O–H groups in total. The van der Waals surface area contributed by atoms with Crippen LogP contribution in [0.1, 0.15) is 5.56 Å². The monoisotopic (exact) mass is 404 g/mol. The zero-order chi connectivity index (χ0) is 21.2. The van der Waals surface area contributed by atoms with E-state index >= 15 is 0 Å². The molecule has 9 heteroatoms. The van der Waals surface area contributed by atoms with E-state index in [2.05, 4.69) is 22.2 Å². The predicted octanol–water partition coefficient (Wildman–Crippen LogP) is 5.11. The SMILES string of the molecule is C=CC(=O)Nc1ccc(Nc2ccc(C(F)(F)F)c(F)c2)c(-c2cn(C)cn2)c1. The molecular weight excluding hydrogens is 388 g/mol. The van der Waals surface area contributed by atoms with Crippen molar-refractivity contribution in [3.8, 4) is 11.3 Å². The first kappa shape index (κ1) is 20.1. The minimum absolute atomic E-state index is 0.135. The third-order valence-electron chi connectivity index (χ3n) is 4.01. The van der Waals surface area contributed by atoms with Crippen LogP contribution in [0.15, 0.2) is 61.6 Å². The summed E-state index contributed by atoms with van der Waals surface area (Å²) in [5.41, 5.74) is 0.857. The molecule has 0 aliphatic carbocycles. The zero-order valence-corrected chi connectivity index (χ0v) is 15.2. The molecule has 1 heterocycles. The van der Waals surface area contributed by atoms with Crippen molar-refractivity contribution in [3.63, 3.8) is 0 Å². The van der Waals surface area contributed by atoms with Gasteiger partial charge >= 0.3 is 6.18 Å². The third-order valence-corrected chi connectivity index (χ3v) is 4.01. The number of aromatic nitrogens is 2. The topological polar surface area (TPSA) is 59.0 Å². The Balaban J connectivity index is 1.99. The van der Waals surface area contributed by atoms with Crippen LogP contribution in [0.3, 0.4) is 0 Å². The van der Waals surface area contributed by atoms with E-state index in [1.165, 1.54) is 0 Å². The molecule has 0 bridgehead atoms. The Bertz CT molecular complexity index is 1070. The first-order valence-corrected chi connectivity index (χ1v) is 8.37. The molecule has 1 amide bonds. The van der Waals surface area contributed by atoms with Gasteiger partial charge in [-0.1, -0.05) is 6.58 Å². The molecule has 3 aromatic rings. The van der Waals surface area contributed by atoms with Crippen molar-refractivity contribution in [2.45, 2.75) is 6.18 Å². The van der Waals surface area contributed by atoms with Crippen molar-refractivity contribution in [1.82, 2.24) is 9.55 Å². The maximum absolute atomic E-state index is 13.9. The van der Waals surface area contributed by atoms with Crippen LogP contribution in [0.4, 0.5) is 34.6 Å². The average molecular weight is 404 g/mol. The van der Waals surface area contributed by atoms with Crippen molar-refractivity contribution < 1.29 is 22.4 Å². The number of aryl methyl sites for hydroxylation is 1. The molecule has 0 saturated carbocycles. The number of anilines is 3. The van der Waals surface area contributed by atoms with Crippen molar-refractivity contribution >= 4 is 23.0 Å². The number of halogens is 4. The lowest BCUT2D eigenvalue weighted by Gasteiger charge is -2.14. The van der Waals surface area contributed by atoms with Crippen molar-refractivity contribution in [1.29, 1.82) is 0 Å². The number of carbonyl (C=O) groups is 1. The Morgan fingerprint density at radius 2 is 1.90 bits per heavy atom. The summed E-state index contributed by atoms with van der Waals surface area (Å²) in [4.78, 5) is 15.8. The fraction of sp³-hybridized carbons (Fsp3) is 0.100. The number of benzene rings is 2. The van der Waals surface area contributed by atoms with Crippen LogP contribution < -0.4 is 10.6 Å². The van der Waals surface area contributed by atoms with Crippen LogP contribution in [0.25, 0.3) is 11.3 Å². The standard InChI is InChI=1S/C20H16F4N4O/c1-3-19(29)27-12-5-7-17(14(8-12)18-10-28(2)11-25-18)26-13-4-6-15(16(21)9-13)20(22,23)24/h3-11,26H,1H2,2H3,(H,27,29). The molecule has 1 aromatic heterocycles. The molecule has 5 nitrogen and oxygen atoms in total. The molecule has 2 aromatic carbocycles. The summed E-state index contributed by atoms with van der Waals surface area (Å²) in [6.07, 6.45) is -0.344. The summed E-state index contributed by atoms with van der Waals surface area (Å²) < 4.78 is 53.9. The molecule has 29 heavy (non-hydrogen) atoms. The lowest BCUT2D eigenvalue weighted by atomic mass is 10.1. The van der Waals surface area contributed by atoms with Gasteiger partial charge in [-0.2, -0.15) is 13.2 Å². The Hall–Kier alpha value is -3.62. The minimum Gasteiger partial charge on any atom is -0.355 e. The van der Waals surface area contributed by atoms with Gasteiger partial charge in [-0.05, 0) is 42.5 Å². The molecule has 0 aliphatic heterocycles. The van der Waals surface area contributed by atoms with E-state index in [-0.39, 0.29) is 5.69 Å². The lowest BCUT2D eigenvalue weighted by Crippen LogP contribution is -2.08. The Morgan fingerprint density at radius 1 is 1.17 bits per heavy atom. The summed E-state index contributed by atoms with van der Waals surface area (Å²) >= 11 is 0. The van der Waals surface area contributed by atoms with Gasteiger partial charge in [0.15, 0.2) is 0 Å². The number of nitrogens with zero attached hydrogens (tertiary/aromatic N) is 2. The van der Waals surface area contributed by atoms with Crippen molar-refractivity contribution in [3.05, 3.63) is 73.0 Å². The Kier molecular flexibility index (Phi) is 5.40. The normalized spacial score (nSPS) is 11.2. The van der Waals surface area contributed by atoms with Crippen LogP contribution in [0, 0.1) is 5.82 Å². The summed E-state index contributed by atoms with van der Waals surface area (Å²) in [7, 11) is 1.78. The van der Waals surface area contributed by atoms with E-state index in [1.807, 2.05) is 0 Å². The van der Waals surface area contributed by atoms with Gasteiger partial charge in [-0.25, -0.2) is 9.37 Å². The Labute approximate surface area is 163 Å². The number of carbonyl (C=O) groups excluding carboxylic acids is 1. The van der Waals surface area contributed by atoms with Crippen LogP contribution in [-0.2, 0) is 18.0 Å². The van der Waals surface area contributed by atoms with Crippen LogP contribution in [-0.4, -0.2) is 15.5 Å². The van der Waals surface area contributed by atoms with E-state index in [1.54, 1.807) is 42.3 Å². The largest absolute Gasteiger partial charge is 0.419 e. The molecule has 0 radical (unpaired) electrons. The molecule has 0 unspecified atom stereocenters. The number of hydrogen-bond acceptors (Lipinski definition) is 3. The highest BCUT2D eigenvalue weighted by Gasteiger charge is 2.33. The van der Waals surface area contributed by atoms with Gasteiger partial charge in [0.05, 0.1) is 17.6 Å². The smallest absolute Gasteiger partial charge is 0.355 e. The molecule has 3 rings (SSSR count). The van der Waals surface area contributed by atoms with Gasteiger partial charge < -0.3 is 15.2 Å². The first-order chi connectivity index (χ1) is 13.7. The number of imidazole rings is 1. The summed E-state index contributed by atoms with van der Waals surface area (Å²) in [6, 6.07) is 7.44. The maximum Gasteiger partial charge on any atom is 0.419 e. The third kappa shape index (κ3) is 4.63. The van der Waals surface area contributed by atoms with Gasteiger partial charge in [0.25, 0.3) is 0 Å². The highest BCUT2D eigenvalue weighted by molar-refractivity contribution is 5.99. The summed E-state index contributed by atoms with van der Waals surface area (Å²) in [5.74, 6) is -1.78. The molecule has 0 spiro atoms. The van der Waals surface area contributed by atoms with Gasteiger partial charge in [-0.15, -0.1) is 0 Å². The maximum atomic E-state index is 13.9. The summed E-state index contributed by atoms with van der Waals surface area (Å²) in [6.45, 7) is 3.39. The molecule has 0 fully saturated rings. The van der Waals surface area contributed by atoms with Gasteiger partial charge in [0.2, 0.25) is 5.91 Å². The second-order valence-corrected chi connectivity index (χ2v) is 6.20. The molecule has 150 valence electrons. The van der Waals surface area contributed by atoms with Gasteiger partial charge in [0, 0.05) is 35.9 Å². The van der Waals surface area contributed by atoms with Crippen LogP contribution in [0.2, 0.25) is 0 Å².